The lowest BCUT2D eigenvalue weighted by atomic mass is 10.0. The highest BCUT2D eigenvalue weighted by Gasteiger charge is 2.19. The monoisotopic (exact) mass is 345 g/mol. The average Bonchev–Trinajstić information content (AvgIpc) is 2.72. The van der Waals surface area contributed by atoms with Gasteiger partial charge in [0.15, 0.2) is 5.82 Å². The minimum atomic E-state index is -0.244. The molecule has 0 radical (unpaired) electrons. The Labute approximate surface area is 151 Å². The lowest BCUT2D eigenvalue weighted by Gasteiger charge is -2.30. The molecule has 0 bridgehead atoms. The minimum Gasteiger partial charge on any atom is -0.347 e. The first-order valence-corrected chi connectivity index (χ1v) is 8.66. The molecule has 130 valence electrons. The molecule has 1 aromatic carbocycles. The number of carbonyl (C=O) groups excluding carboxylic acids is 1. The molecule has 3 heterocycles. The van der Waals surface area contributed by atoms with Crippen molar-refractivity contribution in [3.05, 3.63) is 78.0 Å². The van der Waals surface area contributed by atoms with E-state index in [4.69, 9.17) is 0 Å². The van der Waals surface area contributed by atoms with Crippen LogP contribution in [0.25, 0.3) is 0 Å². The summed E-state index contributed by atoms with van der Waals surface area (Å²) in [7, 11) is 0. The maximum Gasteiger partial charge on any atom is 0.271 e. The van der Waals surface area contributed by atoms with E-state index < -0.39 is 0 Å². The SMILES string of the molecule is O=C(NCc1cccnc1)c1cnc(N2CCCc3ccccc32)cn1. The second kappa shape index (κ2) is 7.31. The number of benzene rings is 1. The molecule has 0 spiro atoms. The molecule has 1 N–H and O–H groups in total. The molecule has 0 unspecified atom stereocenters. The summed E-state index contributed by atoms with van der Waals surface area (Å²) in [5, 5.41) is 2.83. The highest BCUT2D eigenvalue weighted by atomic mass is 16.1. The van der Waals surface area contributed by atoms with Crippen LogP contribution in [-0.4, -0.2) is 27.4 Å². The third kappa shape index (κ3) is 3.39. The maximum atomic E-state index is 12.3. The van der Waals surface area contributed by atoms with Gasteiger partial charge in [0.25, 0.3) is 5.91 Å². The topological polar surface area (TPSA) is 71.0 Å². The summed E-state index contributed by atoms with van der Waals surface area (Å²) in [6.07, 6.45) is 8.78. The Morgan fingerprint density at radius 3 is 2.81 bits per heavy atom. The molecule has 2 aromatic heterocycles. The van der Waals surface area contributed by atoms with Crippen LogP contribution in [0.1, 0.15) is 28.0 Å². The molecule has 6 nitrogen and oxygen atoms in total. The number of nitrogens with one attached hydrogen (secondary N) is 1. The maximum absolute atomic E-state index is 12.3. The predicted molar refractivity (Wildman–Crippen MR) is 99.2 cm³/mol. The van der Waals surface area contributed by atoms with Gasteiger partial charge in [0.1, 0.15) is 5.69 Å². The van der Waals surface area contributed by atoms with Crippen LogP contribution in [0.5, 0.6) is 0 Å². The van der Waals surface area contributed by atoms with Crippen molar-refractivity contribution >= 4 is 17.4 Å². The van der Waals surface area contributed by atoms with E-state index >= 15 is 0 Å². The van der Waals surface area contributed by atoms with E-state index in [1.807, 2.05) is 18.2 Å². The Balaban J connectivity index is 1.46. The standard InChI is InChI=1S/C20H19N5O/c26-20(24-12-15-5-3-9-21-11-15)17-13-23-19(14-22-17)25-10-4-7-16-6-1-2-8-18(16)25/h1-3,5-6,8-9,11,13-14H,4,7,10,12H2,(H,24,26). The highest BCUT2D eigenvalue weighted by Crippen LogP contribution is 2.31. The summed E-state index contributed by atoms with van der Waals surface area (Å²) in [5.74, 6) is 0.521. The number of hydrogen-bond donors (Lipinski definition) is 1. The second-order valence-corrected chi connectivity index (χ2v) is 6.19. The zero-order chi connectivity index (χ0) is 17.8. The lowest BCUT2D eigenvalue weighted by Crippen LogP contribution is -2.27. The van der Waals surface area contributed by atoms with Gasteiger partial charge in [-0.05, 0) is 36.1 Å². The number of anilines is 2. The number of rotatable bonds is 4. The van der Waals surface area contributed by atoms with Crippen molar-refractivity contribution in [3.8, 4) is 0 Å². The molecule has 1 amide bonds. The summed E-state index contributed by atoms with van der Waals surface area (Å²) in [5.41, 5.74) is 3.74. The molecular formula is C20H19N5O. The Bertz CT molecular complexity index is 896. The van der Waals surface area contributed by atoms with Gasteiger partial charge in [-0.25, -0.2) is 9.97 Å². The summed E-state index contributed by atoms with van der Waals surface area (Å²) < 4.78 is 0. The predicted octanol–water partition coefficient (Wildman–Crippen LogP) is 2.89. The summed E-state index contributed by atoms with van der Waals surface area (Å²) in [6.45, 7) is 1.31. The first kappa shape index (κ1) is 16.2. The van der Waals surface area contributed by atoms with Crippen molar-refractivity contribution in [2.45, 2.75) is 19.4 Å². The van der Waals surface area contributed by atoms with E-state index in [1.54, 1.807) is 18.6 Å². The smallest absolute Gasteiger partial charge is 0.271 e. The fourth-order valence-electron chi connectivity index (χ4n) is 3.13. The Kier molecular flexibility index (Phi) is 4.55. The number of amides is 1. The van der Waals surface area contributed by atoms with E-state index in [1.165, 1.54) is 17.4 Å². The lowest BCUT2D eigenvalue weighted by molar-refractivity contribution is 0.0945. The second-order valence-electron chi connectivity index (χ2n) is 6.19. The first-order chi connectivity index (χ1) is 12.8. The number of carbonyl (C=O) groups is 1. The average molecular weight is 345 g/mol. The molecule has 1 aliphatic heterocycles. The Hall–Kier alpha value is -3.28. The van der Waals surface area contributed by atoms with Gasteiger partial charge in [0, 0.05) is 31.2 Å². The van der Waals surface area contributed by atoms with Crippen molar-refractivity contribution < 1.29 is 4.79 Å². The van der Waals surface area contributed by atoms with E-state index in [2.05, 4.69) is 43.4 Å². The van der Waals surface area contributed by atoms with Gasteiger partial charge in [0.05, 0.1) is 12.4 Å². The van der Waals surface area contributed by atoms with Gasteiger partial charge in [-0.2, -0.15) is 0 Å². The normalized spacial score (nSPS) is 13.2. The quantitative estimate of drug-likeness (QED) is 0.787. The zero-order valence-corrected chi connectivity index (χ0v) is 14.3. The molecule has 0 atom stereocenters. The van der Waals surface area contributed by atoms with Gasteiger partial charge in [-0.1, -0.05) is 24.3 Å². The van der Waals surface area contributed by atoms with Crippen molar-refractivity contribution in [2.24, 2.45) is 0 Å². The number of hydrogen-bond acceptors (Lipinski definition) is 5. The fraction of sp³-hybridized carbons (Fsp3) is 0.200. The molecule has 1 aliphatic rings. The molecule has 0 saturated heterocycles. The number of aryl methyl sites for hydroxylation is 1. The van der Waals surface area contributed by atoms with Crippen LogP contribution in [0.4, 0.5) is 11.5 Å². The van der Waals surface area contributed by atoms with Gasteiger partial charge >= 0.3 is 0 Å². The third-order valence-electron chi connectivity index (χ3n) is 4.43. The number of aromatic nitrogens is 3. The summed E-state index contributed by atoms with van der Waals surface area (Å²) in [6, 6.07) is 12.1. The van der Waals surface area contributed by atoms with Crippen molar-refractivity contribution in [3.63, 3.8) is 0 Å². The zero-order valence-electron chi connectivity index (χ0n) is 14.3. The minimum absolute atomic E-state index is 0.244. The molecule has 6 heteroatoms. The van der Waals surface area contributed by atoms with E-state index in [0.29, 0.717) is 12.2 Å². The third-order valence-corrected chi connectivity index (χ3v) is 4.43. The molecule has 0 saturated carbocycles. The summed E-state index contributed by atoms with van der Waals surface area (Å²) >= 11 is 0. The van der Waals surface area contributed by atoms with Gasteiger partial charge in [0.2, 0.25) is 0 Å². The summed E-state index contributed by atoms with van der Waals surface area (Å²) in [4.78, 5) is 27.2. The van der Waals surface area contributed by atoms with Crippen molar-refractivity contribution in [1.82, 2.24) is 20.3 Å². The van der Waals surface area contributed by atoms with Crippen LogP contribution in [-0.2, 0) is 13.0 Å². The van der Waals surface area contributed by atoms with Gasteiger partial charge < -0.3 is 10.2 Å². The Morgan fingerprint density at radius 1 is 1.08 bits per heavy atom. The highest BCUT2D eigenvalue weighted by molar-refractivity contribution is 5.92. The Morgan fingerprint density at radius 2 is 2.00 bits per heavy atom. The molecule has 0 aliphatic carbocycles. The largest absolute Gasteiger partial charge is 0.347 e. The molecular weight excluding hydrogens is 326 g/mol. The van der Waals surface area contributed by atoms with Crippen LogP contribution < -0.4 is 10.2 Å². The van der Waals surface area contributed by atoms with Crippen LogP contribution in [0, 0.1) is 0 Å². The van der Waals surface area contributed by atoms with E-state index in [9.17, 15) is 4.79 Å². The number of pyridine rings is 1. The number of fused-ring (bicyclic) bond motifs is 1. The van der Waals surface area contributed by atoms with Gasteiger partial charge in [-0.15, -0.1) is 0 Å². The fourth-order valence-corrected chi connectivity index (χ4v) is 3.13. The van der Waals surface area contributed by atoms with Crippen molar-refractivity contribution in [1.29, 1.82) is 0 Å². The molecule has 26 heavy (non-hydrogen) atoms. The van der Waals surface area contributed by atoms with Gasteiger partial charge in [-0.3, -0.25) is 9.78 Å². The van der Waals surface area contributed by atoms with Crippen LogP contribution in [0.3, 0.4) is 0 Å². The van der Waals surface area contributed by atoms with Crippen LogP contribution in [0.2, 0.25) is 0 Å². The van der Waals surface area contributed by atoms with E-state index in [-0.39, 0.29) is 5.91 Å². The van der Waals surface area contributed by atoms with E-state index in [0.717, 1.165) is 30.8 Å². The molecule has 4 rings (SSSR count). The van der Waals surface area contributed by atoms with Crippen molar-refractivity contribution in [2.75, 3.05) is 11.4 Å². The number of para-hydroxylation sites is 1. The number of nitrogens with zero attached hydrogens (tertiary/aromatic N) is 4. The van der Waals surface area contributed by atoms with Crippen LogP contribution in [0.15, 0.2) is 61.2 Å². The first-order valence-electron chi connectivity index (χ1n) is 8.66. The molecule has 0 fully saturated rings. The van der Waals surface area contributed by atoms with Crippen LogP contribution >= 0.6 is 0 Å². The molecule has 3 aromatic rings.